The molecule has 0 unspecified atom stereocenters. The van der Waals surface area contributed by atoms with Gasteiger partial charge in [0.05, 0.1) is 16.7 Å². The van der Waals surface area contributed by atoms with Gasteiger partial charge in [-0.3, -0.25) is 0 Å². The fraction of sp³-hybridized carbons (Fsp3) is 0.172. The van der Waals surface area contributed by atoms with Crippen molar-refractivity contribution in [3.05, 3.63) is 88.9 Å². The molecule has 0 radical (unpaired) electrons. The third-order valence-corrected chi connectivity index (χ3v) is 8.46. The van der Waals surface area contributed by atoms with E-state index in [0.29, 0.717) is 0 Å². The van der Waals surface area contributed by atoms with Crippen LogP contribution in [-0.4, -0.2) is 4.57 Å². The van der Waals surface area contributed by atoms with Crippen LogP contribution in [0.4, 0.5) is 0 Å². The van der Waals surface area contributed by atoms with Gasteiger partial charge in [-0.25, -0.2) is 0 Å². The van der Waals surface area contributed by atoms with Crippen LogP contribution in [-0.2, 0) is 5.41 Å². The summed E-state index contributed by atoms with van der Waals surface area (Å²) in [6.45, 7) is 0. The number of aromatic nitrogens is 1. The van der Waals surface area contributed by atoms with Crippen LogP contribution in [0, 0.1) is 0 Å². The number of nitrogens with zero attached hydrogens (tertiary/aromatic N) is 1. The molecule has 3 aliphatic rings. The fourth-order valence-electron chi connectivity index (χ4n) is 7.00. The fourth-order valence-corrected chi connectivity index (χ4v) is 7.26. The van der Waals surface area contributed by atoms with Crippen molar-refractivity contribution in [1.29, 1.82) is 0 Å². The van der Waals surface area contributed by atoms with Crippen molar-refractivity contribution in [2.75, 3.05) is 0 Å². The maximum absolute atomic E-state index is 6.99. The zero-order chi connectivity index (χ0) is 20.3. The van der Waals surface area contributed by atoms with Crippen LogP contribution in [0.15, 0.2) is 72.8 Å². The first-order valence-corrected chi connectivity index (χ1v) is 11.7. The van der Waals surface area contributed by atoms with E-state index in [0.717, 1.165) is 5.02 Å². The van der Waals surface area contributed by atoms with Crippen molar-refractivity contribution in [3.63, 3.8) is 0 Å². The second kappa shape index (κ2) is 5.41. The first-order chi connectivity index (χ1) is 15.3. The Labute approximate surface area is 185 Å². The van der Waals surface area contributed by atoms with E-state index >= 15 is 0 Å². The van der Waals surface area contributed by atoms with Crippen LogP contribution >= 0.6 is 11.6 Å². The largest absolute Gasteiger partial charge is 0.308 e. The average Bonchev–Trinajstić information content (AvgIpc) is 3.46. The number of benzene rings is 4. The zero-order valence-corrected chi connectivity index (χ0v) is 17.8. The number of halogens is 1. The zero-order valence-electron chi connectivity index (χ0n) is 17.1. The molecule has 0 amide bonds. The molecule has 1 aliphatic heterocycles. The molecule has 5 aromatic rings. The van der Waals surface area contributed by atoms with E-state index in [2.05, 4.69) is 77.4 Å². The predicted molar refractivity (Wildman–Crippen MR) is 129 cm³/mol. The Morgan fingerprint density at radius 3 is 2.32 bits per heavy atom. The molecule has 1 spiro atoms. The van der Waals surface area contributed by atoms with Crippen molar-refractivity contribution in [2.45, 2.75) is 31.1 Å². The molecule has 0 bridgehead atoms. The SMILES string of the molecule is Clc1ccc2c3c1-c1ccccc1-n1c4ccccc4c4ccc(c-3c41)C21CCCC1. The Morgan fingerprint density at radius 2 is 1.42 bits per heavy atom. The van der Waals surface area contributed by atoms with Crippen LogP contribution in [0.5, 0.6) is 0 Å². The first-order valence-electron chi connectivity index (χ1n) is 11.3. The monoisotopic (exact) mass is 417 g/mol. The molecule has 2 aliphatic carbocycles. The van der Waals surface area contributed by atoms with E-state index in [4.69, 9.17) is 11.6 Å². The molecular weight excluding hydrogens is 398 g/mol. The van der Waals surface area contributed by atoms with Crippen LogP contribution in [0.1, 0.15) is 36.8 Å². The molecular formula is C29H20ClN. The number of hydrogen-bond donors (Lipinski definition) is 0. The van der Waals surface area contributed by atoms with Gasteiger partial charge in [0, 0.05) is 37.9 Å². The van der Waals surface area contributed by atoms with E-state index in [1.165, 1.54) is 86.6 Å². The molecule has 0 N–H and O–H groups in total. The maximum Gasteiger partial charge on any atom is 0.0623 e. The Balaban J connectivity index is 1.73. The molecule has 0 atom stereocenters. The number of rotatable bonds is 0. The van der Waals surface area contributed by atoms with Gasteiger partial charge < -0.3 is 4.57 Å². The molecule has 4 aromatic carbocycles. The molecule has 1 nitrogen and oxygen atoms in total. The van der Waals surface area contributed by atoms with Crippen LogP contribution in [0.3, 0.4) is 0 Å². The van der Waals surface area contributed by atoms with Gasteiger partial charge in [-0.2, -0.15) is 0 Å². The number of hydrogen-bond acceptors (Lipinski definition) is 0. The van der Waals surface area contributed by atoms with Gasteiger partial charge in [-0.05, 0) is 47.7 Å². The van der Waals surface area contributed by atoms with Gasteiger partial charge in [0.1, 0.15) is 0 Å². The normalized spacial score (nSPS) is 16.9. The second-order valence-electron chi connectivity index (χ2n) is 9.39. The molecule has 1 saturated carbocycles. The summed E-state index contributed by atoms with van der Waals surface area (Å²) >= 11 is 6.99. The summed E-state index contributed by atoms with van der Waals surface area (Å²) in [6.07, 6.45) is 5.08. The van der Waals surface area contributed by atoms with Gasteiger partial charge in [0.15, 0.2) is 0 Å². The summed E-state index contributed by atoms with van der Waals surface area (Å²) in [5.74, 6) is 0. The topological polar surface area (TPSA) is 4.93 Å². The van der Waals surface area contributed by atoms with E-state index in [1.54, 1.807) is 0 Å². The Morgan fingerprint density at radius 1 is 0.677 bits per heavy atom. The Hall–Kier alpha value is -3.03. The van der Waals surface area contributed by atoms with Crippen LogP contribution < -0.4 is 0 Å². The van der Waals surface area contributed by atoms with E-state index in [1.807, 2.05) is 0 Å². The number of fused-ring (bicyclic) bond motifs is 8. The van der Waals surface area contributed by atoms with Crippen LogP contribution in [0.2, 0.25) is 5.02 Å². The van der Waals surface area contributed by atoms with Gasteiger partial charge in [-0.15, -0.1) is 0 Å². The Kier molecular flexibility index (Phi) is 2.90. The highest BCUT2D eigenvalue weighted by atomic mass is 35.5. The van der Waals surface area contributed by atoms with Crippen molar-refractivity contribution in [1.82, 2.24) is 4.57 Å². The lowest BCUT2D eigenvalue weighted by molar-refractivity contribution is 0.550. The van der Waals surface area contributed by atoms with Crippen LogP contribution in [0.25, 0.3) is 49.7 Å². The third kappa shape index (κ3) is 1.75. The van der Waals surface area contributed by atoms with Gasteiger partial charge >= 0.3 is 0 Å². The molecule has 8 rings (SSSR count). The quantitative estimate of drug-likeness (QED) is 0.234. The maximum atomic E-state index is 6.99. The lowest BCUT2D eigenvalue weighted by Gasteiger charge is -2.27. The van der Waals surface area contributed by atoms with Crippen molar-refractivity contribution >= 4 is 33.4 Å². The lowest BCUT2D eigenvalue weighted by atomic mass is 9.76. The van der Waals surface area contributed by atoms with E-state index in [9.17, 15) is 0 Å². The molecule has 2 heteroatoms. The minimum Gasteiger partial charge on any atom is -0.308 e. The molecule has 148 valence electrons. The van der Waals surface area contributed by atoms with E-state index in [-0.39, 0.29) is 5.41 Å². The summed E-state index contributed by atoms with van der Waals surface area (Å²) in [5.41, 5.74) is 12.3. The molecule has 0 saturated heterocycles. The molecule has 1 fully saturated rings. The van der Waals surface area contributed by atoms with E-state index < -0.39 is 0 Å². The van der Waals surface area contributed by atoms with Gasteiger partial charge in [0.2, 0.25) is 0 Å². The summed E-state index contributed by atoms with van der Waals surface area (Å²) in [5, 5.41) is 3.53. The minimum absolute atomic E-state index is 0.145. The highest BCUT2D eigenvalue weighted by Gasteiger charge is 2.48. The summed E-state index contributed by atoms with van der Waals surface area (Å²) in [7, 11) is 0. The van der Waals surface area contributed by atoms with Crippen molar-refractivity contribution in [2.24, 2.45) is 0 Å². The average molecular weight is 418 g/mol. The number of para-hydroxylation sites is 2. The minimum atomic E-state index is 0.145. The second-order valence-corrected chi connectivity index (χ2v) is 9.80. The van der Waals surface area contributed by atoms with Gasteiger partial charge in [0.25, 0.3) is 0 Å². The Bertz CT molecular complexity index is 1600. The van der Waals surface area contributed by atoms with Crippen molar-refractivity contribution < 1.29 is 0 Å². The summed E-state index contributed by atoms with van der Waals surface area (Å²) in [4.78, 5) is 0. The molecule has 2 heterocycles. The smallest absolute Gasteiger partial charge is 0.0623 e. The summed E-state index contributed by atoms with van der Waals surface area (Å²) in [6, 6.07) is 26.9. The van der Waals surface area contributed by atoms with Gasteiger partial charge in [-0.1, -0.05) is 79.0 Å². The highest BCUT2D eigenvalue weighted by molar-refractivity contribution is 6.35. The van der Waals surface area contributed by atoms with Crippen molar-refractivity contribution in [3.8, 4) is 27.9 Å². The summed E-state index contributed by atoms with van der Waals surface area (Å²) < 4.78 is 2.51. The highest BCUT2D eigenvalue weighted by Crippen LogP contribution is 2.63. The molecule has 1 aromatic heterocycles. The first kappa shape index (κ1) is 16.6. The standard InChI is InChI=1S/C29H20ClN/c30-22-14-13-20-26-25(22)19-8-2-4-10-24(19)31-23-9-3-1-7-17(23)18-11-12-21(27(26)28(18)31)29(20)15-5-6-16-29/h1-4,7-14H,5-6,15-16H2. The molecule has 31 heavy (non-hydrogen) atoms. The third-order valence-electron chi connectivity index (χ3n) is 8.14. The predicted octanol–water partition coefficient (Wildman–Crippen LogP) is 8.26. The lowest BCUT2D eigenvalue weighted by Crippen LogP contribution is -2.20.